The lowest BCUT2D eigenvalue weighted by molar-refractivity contribution is -0.119. The predicted octanol–water partition coefficient (Wildman–Crippen LogP) is 1.56. The van der Waals surface area contributed by atoms with Crippen LogP contribution in [0.3, 0.4) is 0 Å². The standard InChI is InChI=1S/C12H21N3O/c1-9(2)15-5-4-11(14-15)7-12(16)6-10(3)8-13/h4-5,9-10H,6-8,13H2,1-3H3. The molecule has 0 radical (unpaired) electrons. The summed E-state index contributed by atoms with van der Waals surface area (Å²) in [6, 6.07) is 2.25. The molecule has 0 aromatic carbocycles. The van der Waals surface area contributed by atoms with Gasteiger partial charge in [0.15, 0.2) is 0 Å². The number of aromatic nitrogens is 2. The normalized spacial score (nSPS) is 13.1. The van der Waals surface area contributed by atoms with Crippen molar-refractivity contribution in [3.63, 3.8) is 0 Å². The summed E-state index contributed by atoms with van der Waals surface area (Å²) in [4.78, 5) is 11.7. The van der Waals surface area contributed by atoms with E-state index in [9.17, 15) is 4.79 Å². The number of nitrogens with two attached hydrogens (primary N) is 1. The number of Topliss-reactive ketones (excluding diaryl/α,β-unsaturated/α-hetero) is 1. The number of rotatable bonds is 6. The van der Waals surface area contributed by atoms with E-state index in [2.05, 4.69) is 18.9 Å². The number of hydrogen-bond donors (Lipinski definition) is 1. The van der Waals surface area contributed by atoms with Crippen molar-refractivity contribution in [3.8, 4) is 0 Å². The molecule has 0 bridgehead atoms. The molecular formula is C12H21N3O. The van der Waals surface area contributed by atoms with Gasteiger partial charge in [-0.2, -0.15) is 5.10 Å². The number of carbonyl (C=O) groups is 1. The lowest BCUT2D eigenvalue weighted by Crippen LogP contribution is -2.16. The first-order chi connectivity index (χ1) is 7.52. The molecule has 0 aliphatic rings. The molecule has 4 nitrogen and oxygen atoms in total. The molecule has 16 heavy (non-hydrogen) atoms. The first kappa shape index (κ1) is 12.9. The van der Waals surface area contributed by atoms with E-state index in [0.29, 0.717) is 25.4 Å². The minimum atomic E-state index is 0.215. The average Bonchev–Trinajstić information content (AvgIpc) is 2.65. The molecule has 90 valence electrons. The molecule has 1 heterocycles. The minimum absolute atomic E-state index is 0.215. The Morgan fingerprint density at radius 3 is 2.69 bits per heavy atom. The van der Waals surface area contributed by atoms with Crippen LogP contribution in [0.5, 0.6) is 0 Å². The molecule has 1 unspecified atom stereocenters. The van der Waals surface area contributed by atoms with Crippen molar-refractivity contribution in [2.24, 2.45) is 11.7 Å². The maximum absolute atomic E-state index is 11.7. The van der Waals surface area contributed by atoms with Crippen LogP contribution in [-0.2, 0) is 11.2 Å². The van der Waals surface area contributed by atoms with Crippen LogP contribution in [0.2, 0.25) is 0 Å². The van der Waals surface area contributed by atoms with E-state index in [0.717, 1.165) is 5.69 Å². The number of carbonyl (C=O) groups excluding carboxylic acids is 1. The predicted molar refractivity (Wildman–Crippen MR) is 64.2 cm³/mol. The molecule has 0 saturated heterocycles. The summed E-state index contributed by atoms with van der Waals surface area (Å²) in [7, 11) is 0. The second-order valence-electron chi connectivity index (χ2n) is 4.64. The van der Waals surface area contributed by atoms with E-state index in [-0.39, 0.29) is 11.7 Å². The van der Waals surface area contributed by atoms with Crippen LogP contribution < -0.4 is 5.73 Å². The summed E-state index contributed by atoms with van der Waals surface area (Å²) in [5.74, 6) is 0.478. The molecule has 0 aliphatic heterocycles. The van der Waals surface area contributed by atoms with Crippen molar-refractivity contribution in [3.05, 3.63) is 18.0 Å². The van der Waals surface area contributed by atoms with E-state index >= 15 is 0 Å². The lowest BCUT2D eigenvalue weighted by Gasteiger charge is -2.06. The van der Waals surface area contributed by atoms with Gasteiger partial charge in [0.25, 0.3) is 0 Å². The van der Waals surface area contributed by atoms with Gasteiger partial charge in [-0.1, -0.05) is 6.92 Å². The van der Waals surface area contributed by atoms with Gasteiger partial charge in [0.2, 0.25) is 0 Å². The Morgan fingerprint density at radius 1 is 1.50 bits per heavy atom. The van der Waals surface area contributed by atoms with Gasteiger partial charge in [0.05, 0.1) is 12.1 Å². The Morgan fingerprint density at radius 2 is 2.19 bits per heavy atom. The molecule has 1 rings (SSSR count). The zero-order valence-electron chi connectivity index (χ0n) is 10.3. The van der Waals surface area contributed by atoms with Gasteiger partial charge in [-0.3, -0.25) is 9.48 Å². The van der Waals surface area contributed by atoms with Crippen molar-refractivity contribution < 1.29 is 4.79 Å². The molecule has 1 atom stereocenters. The Hall–Kier alpha value is -1.16. The van der Waals surface area contributed by atoms with Crippen LogP contribution >= 0.6 is 0 Å². The van der Waals surface area contributed by atoms with Gasteiger partial charge < -0.3 is 5.73 Å². The Bertz CT molecular complexity index is 344. The van der Waals surface area contributed by atoms with E-state index in [1.165, 1.54) is 0 Å². The lowest BCUT2D eigenvalue weighted by atomic mass is 10.0. The topological polar surface area (TPSA) is 60.9 Å². The van der Waals surface area contributed by atoms with E-state index < -0.39 is 0 Å². The second kappa shape index (κ2) is 5.80. The maximum Gasteiger partial charge on any atom is 0.139 e. The maximum atomic E-state index is 11.7. The smallest absolute Gasteiger partial charge is 0.139 e. The van der Waals surface area contributed by atoms with Gasteiger partial charge in [-0.15, -0.1) is 0 Å². The van der Waals surface area contributed by atoms with E-state index in [4.69, 9.17) is 5.73 Å². The van der Waals surface area contributed by atoms with E-state index in [1.54, 1.807) is 0 Å². The largest absolute Gasteiger partial charge is 0.330 e. The minimum Gasteiger partial charge on any atom is -0.330 e. The monoisotopic (exact) mass is 223 g/mol. The molecule has 1 aromatic rings. The summed E-state index contributed by atoms with van der Waals surface area (Å²) in [6.45, 7) is 6.68. The first-order valence-corrected chi connectivity index (χ1v) is 5.78. The highest BCUT2D eigenvalue weighted by atomic mass is 16.1. The summed E-state index contributed by atoms with van der Waals surface area (Å²) in [6.07, 6.45) is 2.88. The van der Waals surface area contributed by atoms with Crippen LogP contribution in [0, 0.1) is 5.92 Å². The molecule has 0 aliphatic carbocycles. The van der Waals surface area contributed by atoms with Crippen molar-refractivity contribution in [1.29, 1.82) is 0 Å². The average molecular weight is 223 g/mol. The van der Waals surface area contributed by atoms with E-state index in [1.807, 2.05) is 23.9 Å². The van der Waals surface area contributed by atoms with Gasteiger partial charge >= 0.3 is 0 Å². The van der Waals surface area contributed by atoms with Crippen LogP contribution in [0.15, 0.2) is 12.3 Å². The molecule has 1 aromatic heterocycles. The summed E-state index contributed by atoms with van der Waals surface area (Å²) in [5.41, 5.74) is 6.34. The van der Waals surface area contributed by atoms with Crippen LogP contribution in [0.1, 0.15) is 38.9 Å². The first-order valence-electron chi connectivity index (χ1n) is 5.78. The Balaban J connectivity index is 2.50. The molecule has 0 fully saturated rings. The van der Waals surface area contributed by atoms with Crippen molar-refractivity contribution in [1.82, 2.24) is 9.78 Å². The van der Waals surface area contributed by atoms with Crippen molar-refractivity contribution >= 4 is 5.78 Å². The molecule has 0 amide bonds. The zero-order valence-corrected chi connectivity index (χ0v) is 10.3. The highest BCUT2D eigenvalue weighted by molar-refractivity contribution is 5.80. The molecule has 2 N–H and O–H groups in total. The fourth-order valence-electron chi connectivity index (χ4n) is 1.51. The summed E-state index contributed by atoms with van der Waals surface area (Å²) in [5, 5.41) is 4.35. The molecule has 4 heteroatoms. The fourth-order valence-corrected chi connectivity index (χ4v) is 1.51. The third-order valence-electron chi connectivity index (χ3n) is 2.55. The molecular weight excluding hydrogens is 202 g/mol. The van der Waals surface area contributed by atoms with Crippen molar-refractivity contribution in [2.75, 3.05) is 6.54 Å². The molecule has 0 saturated carbocycles. The quantitative estimate of drug-likeness (QED) is 0.796. The third-order valence-corrected chi connectivity index (χ3v) is 2.55. The number of nitrogens with zero attached hydrogens (tertiary/aromatic N) is 2. The zero-order chi connectivity index (χ0) is 12.1. The Kier molecular flexibility index (Phi) is 4.68. The van der Waals surface area contributed by atoms with Gasteiger partial charge in [-0.25, -0.2) is 0 Å². The van der Waals surface area contributed by atoms with Crippen LogP contribution in [-0.4, -0.2) is 22.1 Å². The second-order valence-corrected chi connectivity index (χ2v) is 4.64. The van der Waals surface area contributed by atoms with Crippen LogP contribution in [0.4, 0.5) is 0 Å². The fraction of sp³-hybridized carbons (Fsp3) is 0.667. The third kappa shape index (κ3) is 3.77. The van der Waals surface area contributed by atoms with Gasteiger partial charge in [0.1, 0.15) is 5.78 Å². The van der Waals surface area contributed by atoms with Gasteiger partial charge in [-0.05, 0) is 32.4 Å². The van der Waals surface area contributed by atoms with Crippen molar-refractivity contribution in [2.45, 2.75) is 39.7 Å². The number of hydrogen-bond acceptors (Lipinski definition) is 3. The highest BCUT2D eigenvalue weighted by Gasteiger charge is 2.10. The summed E-state index contributed by atoms with van der Waals surface area (Å²) < 4.78 is 1.87. The molecule has 0 spiro atoms. The van der Waals surface area contributed by atoms with Gasteiger partial charge in [0, 0.05) is 18.7 Å². The highest BCUT2D eigenvalue weighted by Crippen LogP contribution is 2.08. The number of ketones is 1. The van der Waals surface area contributed by atoms with Crippen LogP contribution in [0.25, 0.3) is 0 Å². The Labute approximate surface area is 96.8 Å². The summed E-state index contributed by atoms with van der Waals surface area (Å²) >= 11 is 0. The SMILES string of the molecule is CC(CN)CC(=O)Cc1ccn(C(C)C)n1.